The summed E-state index contributed by atoms with van der Waals surface area (Å²) in [5, 5.41) is 0. The molecule has 0 fully saturated rings. The van der Waals surface area contributed by atoms with Crippen molar-refractivity contribution in [3.63, 3.8) is 0 Å². The zero-order valence-electron chi connectivity index (χ0n) is 10.6. The van der Waals surface area contributed by atoms with Gasteiger partial charge in [-0.1, -0.05) is 13.3 Å². The smallest absolute Gasteiger partial charge is 0.207 e. The first-order chi connectivity index (χ1) is 8.72. The van der Waals surface area contributed by atoms with Crippen LogP contribution in [0, 0.1) is 0 Å². The van der Waals surface area contributed by atoms with Crippen molar-refractivity contribution in [1.82, 2.24) is 0 Å². The predicted molar refractivity (Wildman–Crippen MR) is 54.3 cm³/mol. The lowest BCUT2D eigenvalue weighted by molar-refractivity contribution is -0.234. The van der Waals surface area contributed by atoms with Crippen molar-refractivity contribution < 1.29 is 39.5 Å². The minimum Gasteiger partial charge on any atom is -0.207 e. The Labute approximate surface area is 110 Å². The van der Waals surface area contributed by atoms with Gasteiger partial charge in [-0.25, -0.2) is 8.78 Å². The lowest BCUT2D eigenvalue weighted by Gasteiger charge is -2.28. The van der Waals surface area contributed by atoms with Crippen molar-refractivity contribution in [1.29, 1.82) is 0 Å². The van der Waals surface area contributed by atoms with Crippen LogP contribution < -0.4 is 0 Å². The third-order valence-corrected chi connectivity index (χ3v) is 2.68. The second-order valence-electron chi connectivity index (χ2n) is 4.63. The zero-order valence-corrected chi connectivity index (χ0v) is 10.6. The van der Waals surface area contributed by atoms with E-state index in [-0.39, 0.29) is 6.42 Å². The van der Waals surface area contributed by atoms with E-state index < -0.39 is 56.0 Å². The van der Waals surface area contributed by atoms with E-state index >= 15 is 0 Å². The second kappa shape index (κ2) is 6.43. The molecular formula is C11H15F9. The molecule has 0 aliphatic carbocycles. The van der Waals surface area contributed by atoms with Crippen LogP contribution >= 0.6 is 0 Å². The fourth-order valence-corrected chi connectivity index (χ4v) is 1.50. The summed E-state index contributed by atoms with van der Waals surface area (Å²) in [4.78, 5) is 0. The van der Waals surface area contributed by atoms with Crippen molar-refractivity contribution in [2.45, 2.75) is 69.4 Å². The lowest BCUT2D eigenvalue weighted by Crippen LogP contribution is -2.42. The highest BCUT2D eigenvalue weighted by Gasteiger charge is 2.57. The Balaban J connectivity index is 4.60. The molecule has 0 rings (SSSR count). The van der Waals surface area contributed by atoms with E-state index in [9.17, 15) is 39.5 Å². The monoisotopic (exact) mass is 318 g/mol. The van der Waals surface area contributed by atoms with E-state index in [1.807, 2.05) is 0 Å². The quantitative estimate of drug-likeness (QED) is 0.495. The predicted octanol–water partition coefficient (Wildman–Crippen LogP) is 5.82. The number of hydrogen-bond donors (Lipinski definition) is 0. The van der Waals surface area contributed by atoms with Crippen LogP contribution in [0.1, 0.15) is 45.4 Å². The Morgan fingerprint density at radius 3 is 1.30 bits per heavy atom. The molecule has 0 N–H and O–H groups in total. The van der Waals surface area contributed by atoms with Crippen molar-refractivity contribution in [2.24, 2.45) is 0 Å². The SMILES string of the molecule is CCCC(F)(F)CCC(F)(F)C(F)(F)CCC(F)(F)F. The van der Waals surface area contributed by atoms with Crippen LogP contribution in [-0.2, 0) is 0 Å². The zero-order chi connectivity index (χ0) is 16.2. The van der Waals surface area contributed by atoms with Crippen molar-refractivity contribution in [3.8, 4) is 0 Å². The molecule has 20 heavy (non-hydrogen) atoms. The van der Waals surface area contributed by atoms with Crippen LogP contribution in [-0.4, -0.2) is 23.9 Å². The normalized spacial score (nSPS) is 14.7. The Bertz CT molecular complexity index is 293. The summed E-state index contributed by atoms with van der Waals surface area (Å²) in [6.45, 7) is 1.37. The minimum absolute atomic E-state index is 0.0248. The van der Waals surface area contributed by atoms with Gasteiger partial charge < -0.3 is 0 Å². The fraction of sp³-hybridized carbons (Fsp3) is 1.00. The van der Waals surface area contributed by atoms with Crippen molar-refractivity contribution in [3.05, 3.63) is 0 Å². The van der Waals surface area contributed by atoms with E-state index in [0.29, 0.717) is 0 Å². The van der Waals surface area contributed by atoms with E-state index in [2.05, 4.69) is 0 Å². The highest BCUT2D eigenvalue weighted by molar-refractivity contribution is 4.87. The maximum Gasteiger partial charge on any atom is 0.389 e. The molecule has 0 nitrogen and oxygen atoms in total. The molecule has 122 valence electrons. The summed E-state index contributed by atoms with van der Waals surface area (Å²) < 4.78 is 113. The van der Waals surface area contributed by atoms with Gasteiger partial charge in [0, 0.05) is 32.1 Å². The van der Waals surface area contributed by atoms with Crippen molar-refractivity contribution >= 4 is 0 Å². The maximum atomic E-state index is 13.1. The molecule has 0 radical (unpaired) electrons. The fourth-order valence-electron chi connectivity index (χ4n) is 1.50. The van der Waals surface area contributed by atoms with Gasteiger partial charge in [0.25, 0.3) is 0 Å². The van der Waals surface area contributed by atoms with Gasteiger partial charge in [0.2, 0.25) is 5.92 Å². The molecule has 0 amide bonds. The van der Waals surface area contributed by atoms with E-state index in [4.69, 9.17) is 0 Å². The molecule has 0 heterocycles. The summed E-state index contributed by atoms with van der Waals surface area (Å²) in [5.41, 5.74) is 0. The largest absolute Gasteiger partial charge is 0.389 e. The number of alkyl halides is 9. The van der Waals surface area contributed by atoms with Crippen LogP contribution in [0.5, 0.6) is 0 Å². The van der Waals surface area contributed by atoms with Gasteiger partial charge >= 0.3 is 18.0 Å². The van der Waals surface area contributed by atoms with E-state index in [1.165, 1.54) is 6.92 Å². The number of hydrogen-bond acceptors (Lipinski definition) is 0. The van der Waals surface area contributed by atoms with Gasteiger partial charge in [-0.05, 0) is 0 Å². The molecule has 9 heteroatoms. The Hall–Kier alpha value is -0.630. The second-order valence-corrected chi connectivity index (χ2v) is 4.63. The third-order valence-electron chi connectivity index (χ3n) is 2.68. The molecule has 0 aliphatic heterocycles. The Morgan fingerprint density at radius 1 is 0.550 bits per heavy atom. The summed E-state index contributed by atoms with van der Waals surface area (Å²) in [5.74, 6) is -13.4. The van der Waals surface area contributed by atoms with Crippen LogP contribution in [0.4, 0.5) is 39.5 Å². The first-order valence-corrected chi connectivity index (χ1v) is 5.93. The van der Waals surface area contributed by atoms with Crippen LogP contribution in [0.15, 0.2) is 0 Å². The highest BCUT2D eigenvalue weighted by Crippen LogP contribution is 2.44. The van der Waals surface area contributed by atoms with Gasteiger partial charge in [-0.15, -0.1) is 0 Å². The lowest BCUT2D eigenvalue weighted by atomic mass is 9.98. The molecule has 0 unspecified atom stereocenters. The standard InChI is InChI=1S/C11H15F9/c1-2-3-8(12,13)4-5-9(14,15)10(16,17)6-7-11(18,19)20/h2-7H2,1H3. The average molecular weight is 318 g/mol. The van der Waals surface area contributed by atoms with Gasteiger partial charge in [-0.2, -0.15) is 30.7 Å². The number of halogens is 9. The Morgan fingerprint density at radius 2 is 0.950 bits per heavy atom. The molecule has 0 aliphatic rings. The van der Waals surface area contributed by atoms with Gasteiger partial charge in [-0.3, -0.25) is 0 Å². The number of rotatable bonds is 8. The molecule has 0 aromatic carbocycles. The van der Waals surface area contributed by atoms with E-state index in [0.717, 1.165) is 0 Å². The minimum atomic E-state index is -5.01. The molecule has 0 bridgehead atoms. The first-order valence-electron chi connectivity index (χ1n) is 5.93. The molecule has 0 aromatic heterocycles. The summed E-state index contributed by atoms with van der Waals surface area (Å²) in [6, 6.07) is 0. The first kappa shape index (κ1) is 19.4. The molecule has 0 saturated carbocycles. The molecule has 0 atom stereocenters. The maximum absolute atomic E-state index is 13.1. The summed E-state index contributed by atoms with van der Waals surface area (Å²) in [7, 11) is 0. The molecular weight excluding hydrogens is 303 g/mol. The topological polar surface area (TPSA) is 0 Å². The molecule has 0 aromatic rings. The van der Waals surface area contributed by atoms with Crippen LogP contribution in [0.2, 0.25) is 0 Å². The van der Waals surface area contributed by atoms with Gasteiger partial charge in [0.15, 0.2) is 0 Å². The summed E-state index contributed by atoms with van der Waals surface area (Å²) >= 11 is 0. The summed E-state index contributed by atoms with van der Waals surface area (Å²) in [6.07, 6.45) is -13.3. The average Bonchev–Trinajstić information content (AvgIpc) is 2.23. The van der Waals surface area contributed by atoms with Gasteiger partial charge in [0.1, 0.15) is 0 Å². The van der Waals surface area contributed by atoms with Crippen molar-refractivity contribution in [2.75, 3.05) is 0 Å². The van der Waals surface area contributed by atoms with Gasteiger partial charge in [0.05, 0.1) is 0 Å². The molecule has 0 spiro atoms. The van der Waals surface area contributed by atoms with E-state index in [1.54, 1.807) is 0 Å². The molecule has 0 saturated heterocycles. The van der Waals surface area contributed by atoms with Crippen LogP contribution in [0.3, 0.4) is 0 Å². The highest BCUT2D eigenvalue weighted by atomic mass is 19.4. The Kier molecular flexibility index (Phi) is 6.22. The third kappa shape index (κ3) is 6.69. The van der Waals surface area contributed by atoms with Crippen LogP contribution in [0.25, 0.3) is 0 Å².